The van der Waals surface area contributed by atoms with Gasteiger partial charge in [0, 0.05) is 12.3 Å². The molecule has 3 amide bonds. The average molecular weight is 538 g/mol. The number of hydrogen-bond donors (Lipinski definition) is 8. The van der Waals surface area contributed by atoms with Gasteiger partial charge in [0.2, 0.25) is 17.7 Å². The Morgan fingerprint density at radius 2 is 1.62 bits per heavy atom. The van der Waals surface area contributed by atoms with Crippen molar-refractivity contribution in [1.29, 1.82) is 0 Å². The molecule has 1 aromatic rings. The van der Waals surface area contributed by atoms with E-state index in [1.807, 2.05) is 37.3 Å². The first-order chi connectivity index (χ1) is 17.5. The lowest BCUT2D eigenvalue weighted by Crippen LogP contribution is -2.59. The van der Waals surface area contributed by atoms with Crippen LogP contribution < -0.4 is 33.2 Å². The van der Waals surface area contributed by atoms with Crippen LogP contribution in [0.4, 0.5) is 0 Å². The molecule has 0 radical (unpaired) electrons. The van der Waals surface area contributed by atoms with Gasteiger partial charge >= 0.3 is 5.97 Å². The molecule has 0 heterocycles. The van der Waals surface area contributed by atoms with E-state index in [-0.39, 0.29) is 30.6 Å². The van der Waals surface area contributed by atoms with Crippen LogP contribution in [0.2, 0.25) is 0 Å². The van der Waals surface area contributed by atoms with Gasteiger partial charge in [-0.1, -0.05) is 50.6 Å². The van der Waals surface area contributed by atoms with Gasteiger partial charge in [0.1, 0.15) is 18.1 Å². The van der Waals surface area contributed by atoms with Crippen LogP contribution in [0.15, 0.2) is 35.3 Å². The molecule has 10 N–H and O–H groups in total. The first-order valence-corrected chi connectivity index (χ1v) is 12.7. The molecule has 1 aromatic carbocycles. The third-order valence-electron chi connectivity index (χ3n) is 5.80. The molecule has 0 aliphatic heterocycles. The van der Waals surface area contributed by atoms with Crippen molar-refractivity contribution in [3.05, 3.63) is 35.9 Å². The van der Waals surface area contributed by atoms with Crippen LogP contribution in [0.5, 0.6) is 0 Å². The molecule has 13 heteroatoms. The molecule has 5 atom stereocenters. The van der Waals surface area contributed by atoms with Crippen LogP contribution in [0.1, 0.15) is 38.7 Å². The number of guanidine groups is 1. The summed E-state index contributed by atoms with van der Waals surface area (Å²) in [5.41, 5.74) is 17.5. The van der Waals surface area contributed by atoms with E-state index in [2.05, 4.69) is 33.6 Å². The Bertz CT molecular complexity index is 927. The normalized spacial score (nSPS) is 14.8. The number of nitrogens with two attached hydrogens (primary N) is 3. The number of carbonyl (C=O) groups is 4. The molecule has 37 heavy (non-hydrogen) atoms. The fourth-order valence-electron chi connectivity index (χ4n) is 3.41. The summed E-state index contributed by atoms with van der Waals surface area (Å²) in [5.74, 6) is -3.51. The highest BCUT2D eigenvalue weighted by Crippen LogP contribution is 2.10. The van der Waals surface area contributed by atoms with E-state index in [0.717, 1.165) is 5.56 Å². The lowest BCUT2D eigenvalue weighted by molar-refractivity contribution is -0.142. The first kappa shape index (κ1) is 31.7. The summed E-state index contributed by atoms with van der Waals surface area (Å²) in [6, 6.07) is 5.09. The third-order valence-corrected chi connectivity index (χ3v) is 6.17. The lowest BCUT2D eigenvalue weighted by atomic mass is 9.97. The molecule has 206 valence electrons. The molecule has 0 spiro atoms. The second-order valence-corrected chi connectivity index (χ2v) is 9.13. The maximum absolute atomic E-state index is 13.1. The minimum absolute atomic E-state index is 0.0793. The van der Waals surface area contributed by atoms with Gasteiger partial charge in [-0.15, -0.1) is 0 Å². The van der Waals surface area contributed by atoms with Gasteiger partial charge in [-0.05, 0) is 30.7 Å². The molecular formula is C24H39N7O5S. The number of hydrogen-bond acceptors (Lipinski definition) is 7. The highest BCUT2D eigenvalue weighted by molar-refractivity contribution is 7.80. The molecule has 5 unspecified atom stereocenters. The average Bonchev–Trinajstić information content (AvgIpc) is 2.86. The largest absolute Gasteiger partial charge is 0.480 e. The maximum atomic E-state index is 13.1. The molecule has 0 aromatic heterocycles. The molecule has 0 aliphatic rings. The van der Waals surface area contributed by atoms with Gasteiger partial charge in [-0.2, -0.15) is 12.6 Å². The topological polar surface area (TPSA) is 215 Å². The van der Waals surface area contributed by atoms with Crippen molar-refractivity contribution in [2.75, 3.05) is 12.3 Å². The van der Waals surface area contributed by atoms with Crippen LogP contribution in [0.25, 0.3) is 0 Å². The fraction of sp³-hybridized carbons (Fsp3) is 0.542. The highest BCUT2D eigenvalue weighted by atomic mass is 32.1. The Labute approximate surface area is 222 Å². The quantitative estimate of drug-likeness (QED) is 0.0572. The molecule has 12 nitrogen and oxygen atoms in total. The van der Waals surface area contributed by atoms with E-state index < -0.39 is 47.9 Å². The minimum Gasteiger partial charge on any atom is -0.480 e. The Kier molecular flexibility index (Phi) is 14.1. The Hall–Kier alpha value is -3.32. The van der Waals surface area contributed by atoms with Gasteiger partial charge < -0.3 is 38.3 Å². The fourth-order valence-corrected chi connectivity index (χ4v) is 3.67. The number of nitrogens with zero attached hydrogens (tertiary/aromatic N) is 1. The molecule has 0 fully saturated rings. The van der Waals surface area contributed by atoms with Crippen molar-refractivity contribution in [3.8, 4) is 0 Å². The molecule has 0 saturated heterocycles. The standard InChI is InChI=1S/C24H39N7O5S/c1-3-14(2)19(31-20(32)16(25)12-15-8-5-4-6-9-15)22(34)30-18(13-37)21(33)29-17(23(35)36)10-7-11-28-24(26)27/h4-6,8-9,14,16-19,37H,3,7,10-13,25H2,1-2H3,(H,29,33)(H,30,34)(H,31,32)(H,35,36)(H4,26,27,28). The molecule has 0 bridgehead atoms. The number of nitrogens with one attached hydrogen (secondary N) is 3. The van der Waals surface area contributed by atoms with Crippen molar-refractivity contribution in [3.63, 3.8) is 0 Å². The molecule has 0 aliphatic carbocycles. The number of benzene rings is 1. The van der Waals surface area contributed by atoms with Crippen molar-refractivity contribution in [2.45, 2.75) is 63.7 Å². The van der Waals surface area contributed by atoms with E-state index in [1.165, 1.54) is 0 Å². The van der Waals surface area contributed by atoms with Crippen LogP contribution in [-0.4, -0.2) is 71.2 Å². The van der Waals surface area contributed by atoms with Crippen molar-refractivity contribution in [2.24, 2.45) is 28.1 Å². The lowest BCUT2D eigenvalue weighted by Gasteiger charge is -2.27. The van der Waals surface area contributed by atoms with Gasteiger partial charge in [-0.3, -0.25) is 19.4 Å². The number of rotatable bonds is 16. The highest BCUT2D eigenvalue weighted by Gasteiger charge is 2.32. The first-order valence-electron chi connectivity index (χ1n) is 12.1. The van der Waals surface area contributed by atoms with Crippen LogP contribution in [-0.2, 0) is 25.6 Å². The number of thiol groups is 1. The van der Waals surface area contributed by atoms with E-state index in [4.69, 9.17) is 17.2 Å². The predicted molar refractivity (Wildman–Crippen MR) is 145 cm³/mol. The van der Waals surface area contributed by atoms with Crippen molar-refractivity contribution >= 4 is 42.3 Å². The maximum Gasteiger partial charge on any atom is 0.326 e. The summed E-state index contributed by atoms with van der Waals surface area (Å²) in [4.78, 5) is 54.0. The number of aliphatic imine (C=N–C) groups is 1. The minimum atomic E-state index is -1.24. The molecule has 1 rings (SSSR count). The zero-order valence-electron chi connectivity index (χ0n) is 21.2. The predicted octanol–water partition coefficient (Wildman–Crippen LogP) is -0.875. The second-order valence-electron chi connectivity index (χ2n) is 8.76. The number of aliphatic carboxylic acids is 1. The summed E-state index contributed by atoms with van der Waals surface area (Å²) >= 11 is 4.14. The van der Waals surface area contributed by atoms with Gasteiger partial charge in [0.25, 0.3) is 0 Å². The Balaban J connectivity index is 2.82. The van der Waals surface area contributed by atoms with E-state index >= 15 is 0 Å². The van der Waals surface area contributed by atoms with Crippen LogP contribution >= 0.6 is 12.6 Å². The monoisotopic (exact) mass is 537 g/mol. The number of carboxylic acids is 1. The van der Waals surface area contributed by atoms with E-state index in [9.17, 15) is 24.3 Å². The summed E-state index contributed by atoms with van der Waals surface area (Å²) < 4.78 is 0. The van der Waals surface area contributed by atoms with Gasteiger partial charge in [0.15, 0.2) is 5.96 Å². The zero-order chi connectivity index (χ0) is 28.0. The van der Waals surface area contributed by atoms with Crippen molar-refractivity contribution < 1.29 is 24.3 Å². The van der Waals surface area contributed by atoms with E-state index in [1.54, 1.807) is 6.92 Å². The smallest absolute Gasteiger partial charge is 0.326 e. The third kappa shape index (κ3) is 11.5. The Morgan fingerprint density at radius 3 is 2.16 bits per heavy atom. The van der Waals surface area contributed by atoms with Gasteiger partial charge in [0.05, 0.1) is 6.04 Å². The summed E-state index contributed by atoms with van der Waals surface area (Å²) in [6.45, 7) is 3.86. The zero-order valence-corrected chi connectivity index (χ0v) is 22.1. The van der Waals surface area contributed by atoms with E-state index in [0.29, 0.717) is 19.3 Å². The van der Waals surface area contributed by atoms with Crippen molar-refractivity contribution in [1.82, 2.24) is 16.0 Å². The van der Waals surface area contributed by atoms with Crippen LogP contribution in [0.3, 0.4) is 0 Å². The number of amides is 3. The summed E-state index contributed by atoms with van der Waals surface area (Å²) in [6.07, 6.45) is 1.26. The molecular weight excluding hydrogens is 498 g/mol. The van der Waals surface area contributed by atoms with Gasteiger partial charge in [-0.25, -0.2) is 4.79 Å². The second kappa shape index (κ2) is 16.4. The molecule has 0 saturated carbocycles. The number of carboxylic acid groups (broad SMARTS) is 1. The number of carbonyl (C=O) groups excluding carboxylic acids is 3. The Morgan fingerprint density at radius 1 is 1.00 bits per heavy atom. The SMILES string of the molecule is CCC(C)C(NC(=O)C(N)Cc1ccccc1)C(=O)NC(CS)C(=O)NC(CCCN=C(N)N)C(=O)O. The summed E-state index contributed by atoms with van der Waals surface area (Å²) in [5, 5.41) is 17.1. The van der Waals surface area contributed by atoms with Crippen LogP contribution in [0, 0.1) is 5.92 Å². The summed E-state index contributed by atoms with van der Waals surface area (Å²) in [7, 11) is 0.